The quantitative estimate of drug-likeness (QED) is 0.945. The van der Waals surface area contributed by atoms with E-state index in [2.05, 4.69) is 10.3 Å². The van der Waals surface area contributed by atoms with Crippen LogP contribution in [0.4, 0.5) is 0 Å². The van der Waals surface area contributed by atoms with Gasteiger partial charge in [0.25, 0.3) is 0 Å². The van der Waals surface area contributed by atoms with Gasteiger partial charge in [-0.2, -0.15) is 0 Å². The minimum Gasteiger partial charge on any atom is -0.445 e. The number of carbonyl (C=O) groups excluding carboxylic acids is 1. The van der Waals surface area contributed by atoms with Gasteiger partial charge in [-0.05, 0) is 18.6 Å². The smallest absolute Gasteiger partial charge is 0.242 e. The van der Waals surface area contributed by atoms with Gasteiger partial charge in [-0.25, -0.2) is 4.98 Å². The minimum atomic E-state index is -0.417. The van der Waals surface area contributed by atoms with Crippen molar-refractivity contribution in [3.63, 3.8) is 0 Å². The summed E-state index contributed by atoms with van der Waals surface area (Å²) >= 11 is 6.25. The summed E-state index contributed by atoms with van der Waals surface area (Å²) in [6.45, 7) is 3.67. The molecule has 6 heteroatoms. The van der Waals surface area contributed by atoms with E-state index >= 15 is 0 Å². The lowest BCUT2D eigenvalue weighted by Crippen LogP contribution is -2.49. The maximum atomic E-state index is 12.3. The number of nitrogens with one attached hydrogen (secondary N) is 1. The molecule has 5 nitrogen and oxygen atoms in total. The van der Waals surface area contributed by atoms with Crippen LogP contribution in [0, 0.1) is 6.92 Å². The molecule has 1 amide bonds. The van der Waals surface area contributed by atoms with E-state index in [0.29, 0.717) is 24.0 Å². The highest BCUT2D eigenvalue weighted by atomic mass is 35.5. The molecule has 3 rings (SSSR count). The van der Waals surface area contributed by atoms with Gasteiger partial charge >= 0.3 is 0 Å². The van der Waals surface area contributed by atoms with Gasteiger partial charge in [0.15, 0.2) is 0 Å². The third kappa shape index (κ3) is 2.94. The van der Waals surface area contributed by atoms with Crippen LogP contribution in [0.5, 0.6) is 0 Å². The van der Waals surface area contributed by atoms with Crippen molar-refractivity contribution >= 4 is 17.5 Å². The molecule has 1 atom stereocenters. The van der Waals surface area contributed by atoms with Gasteiger partial charge in [0.2, 0.25) is 11.8 Å². The average molecular weight is 306 g/mol. The maximum absolute atomic E-state index is 12.3. The summed E-state index contributed by atoms with van der Waals surface area (Å²) in [5, 5.41) is 3.48. The van der Waals surface area contributed by atoms with E-state index < -0.39 is 6.04 Å². The summed E-state index contributed by atoms with van der Waals surface area (Å²) in [6.07, 6.45) is 1.68. The first-order valence-corrected chi connectivity index (χ1v) is 7.20. The molecule has 1 unspecified atom stereocenters. The zero-order valence-corrected chi connectivity index (χ0v) is 12.4. The molecule has 0 spiro atoms. The summed E-state index contributed by atoms with van der Waals surface area (Å²) in [5.41, 5.74) is 0.805. The number of oxazole rings is 1. The van der Waals surface area contributed by atoms with Crippen molar-refractivity contribution in [3.8, 4) is 0 Å². The molecule has 2 heterocycles. The number of hydrogen-bond donors (Lipinski definition) is 1. The molecule has 1 fully saturated rings. The second-order valence-electron chi connectivity index (χ2n) is 5.05. The Morgan fingerprint density at radius 1 is 1.48 bits per heavy atom. The van der Waals surface area contributed by atoms with Crippen LogP contribution in [0.3, 0.4) is 0 Å². The molecule has 0 radical (unpaired) electrons. The highest BCUT2D eigenvalue weighted by Gasteiger charge is 2.33. The summed E-state index contributed by atoms with van der Waals surface area (Å²) in [6, 6.07) is 7.00. The standard InChI is InChI=1S/C15H16ClN3O2/c1-10-8-18-13(21-10)9-19-7-6-17-15(20)14(19)11-4-2-3-5-12(11)16/h2-5,8,14H,6-7,9H2,1H3,(H,17,20). The lowest BCUT2D eigenvalue weighted by molar-refractivity contribution is -0.129. The Labute approximate surface area is 127 Å². The van der Waals surface area contributed by atoms with Crippen molar-refractivity contribution in [3.05, 3.63) is 52.7 Å². The first kappa shape index (κ1) is 14.1. The zero-order chi connectivity index (χ0) is 14.8. The third-order valence-corrected chi connectivity index (χ3v) is 3.86. The second-order valence-corrected chi connectivity index (χ2v) is 5.46. The topological polar surface area (TPSA) is 58.4 Å². The van der Waals surface area contributed by atoms with Crippen LogP contribution in [0.25, 0.3) is 0 Å². The van der Waals surface area contributed by atoms with E-state index in [0.717, 1.165) is 17.9 Å². The van der Waals surface area contributed by atoms with Gasteiger partial charge in [-0.1, -0.05) is 29.8 Å². The highest BCUT2D eigenvalue weighted by molar-refractivity contribution is 6.31. The van der Waals surface area contributed by atoms with E-state index in [1.807, 2.05) is 30.0 Å². The van der Waals surface area contributed by atoms with E-state index in [-0.39, 0.29) is 5.91 Å². The fourth-order valence-corrected chi connectivity index (χ4v) is 2.81. The number of hydrogen-bond acceptors (Lipinski definition) is 4. The van der Waals surface area contributed by atoms with Gasteiger partial charge in [-0.3, -0.25) is 9.69 Å². The monoisotopic (exact) mass is 305 g/mol. The van der Waals surface area contributed by atoms with Gasteiger partial charge < -0.3 is 9.73 Å². The lowest BCUT2D eigenvalue weighted by Gasteiger charge is -2.34. The van der Waals surface area contributed by atoms with Crippen LogP contribution >= 0.6 is 11.6 Å². The molecular weight excluding hydrogens is 290 g/mol. The fourth-order valence-electron chi connectivity index (χ4n) is 2.57. The van der Waals surface area contributed by atoms with Crippen molar-refractivity contribution in [2.24, 2.45) is 0 Å². The number of rotatable bonds is 3. The lowest BCUT2D eigenvalue weighted by atomic mass is 10.0. The predicted octanol–water partition coefficient (Wildman–Crippen LogP) is 2.31. The van der Waals surface area contributed by atoms with Crippen LogP contribution in [0.1, 0.15) is 23.3 Å². The number of amides is 1. The molecule has 1 aliphatic rings. The Kier molecular flexibility index (Phi) is 3.94. The molecule has 1 aliphatic heterocycles. The molecule has 21 heavy (non-hydrogen) atoms. The van der Waals surface area contributed by atoms with Gasteiger partial charge in [0, 0.05) is 18.1 Å². The Bertz CT molecular complexity index is 656. The van der Waals surface area contributed by atoms with Crippen molar-refractivity contribution in [1.29, 1.82) is 0 Å². The summed E-state index contributed by atoms with van der Waals surface area (Å²) in [4.78, 5) is 18.5. The van der Waals surface area contributed by atoms with Gasteiger partial charge in [0.1, 0.15) is 11.8 Å². The molecule has 0 aliphatic carbocycles. The van der Waals surface area contributed by atoms with E-state index in [4.69, 9.17) is 16.0 Å². The molecule has 110 valence electrons. The van der Waals surface area contributed by atoms with Gasteiger partial charge in [-0.15, -0.1) is 0 Å². The summed E-state index contributed by atoms with van der Waals surface area (Å²) in [7, 11) is 0. The number of piperazine rings is 1. The highest BCUT2D eigenvalue weighted by Crippen LogP contribution is 2.30. The second kappa shape index (κ2) is 5.87. The molecule has 2 aromatic rings. The average Bonchev–Trinajstić information content (AvgIpc) is 2.86. The molecule has 1 aromatic carbocycles. The Morgan fingerprint density at radius 2 is 2.29 bits per heavy atom. The number of aromatic nitrogens is 1. The molecular formula is C15H16ClN3O2. The van der Waals surface area contributed by atoms with Crippen molar-refractivity contribution < 1.29 is 9.21 Å². The Hall–Kier alpha value is -1.85. The van der Waals surface area contributed by atoms with Crippen molar-refractivity contribution in [2.45, 2.75) is 19.5 Å². The summed E-state index contributed by atoms with van der Waals surface area (Å²) < 4.78 is 5.52. The van der Waals surface area contributed by atoms with Crippen molar-refractivity contribution in [1.82, 2.24) is 15.2 Å². The normalized spacial score (nSPS) is 19.5. The molecule has 1 aromatic heterocycles. The van der Waals surface area contributed by atoms with Crippen molar-refractivity contribution in [2.75, 3.05) is 13.1 Å². The Balaban J connectivity index is 1.90. The number of nitrogens with zero attached hydrogens (tertiary/aromatic N) is 2. The van der Waals surface area contributed by atoms with Crippen LogP contribution in [-0.2, 0) is 11.3 Å². The van der Waals surface area contributed by atoms with Crippen LogP contribution in [0.2, 0.25) is 5.02 Å². The fraction of sp³-hybridized carbons (Fsp3) is 0.333. The van der Waals surface area contributed by atoms with E-state index in [1.54, 1.807) is 12.3 Å². The molecule has 1 saturated heterocycles. The van der Waals surface area contributed by atoms with Crippen LogP contribution < -0.4 is 5.32 Å². The SMILES string of the molecule is Cc1cnc(CN2CCNC(=O)C2c2ccccc2Cl)o1. The summed E-state index contributed by atoms with van der Waals surface area (Å²) in [5.74, 6) is 1.33. The van der Waals surface area contributed by atoms with Crippen LogP contribution in [0.15, 0.2) is 34.9 Å². The van der Waals surface area contributed by atoms with E-state index in [9.17, 15) is 4.79 Å². The first-order chi connectivity index (χ1) is 10.1. The molecule has 1 N–H and O–H groups in total. The minimum absolute atomic E-state index is 0.0439. The predicted molar refractivity (Wildman–Crippen MR) is 78.9 cm³/mol. The molecule has 0 bridgehead atoms. The largest absolute Gasteiger partial charge is 0.445 e. The Morgan fingerprint density at radius 3 is 3.00 bits per heavy atom. The number of halogens is 1. The first-order valence-electron chi connectivity index (χ1n) is 6.82. The number of benzene rings is 1. The van der Waals surface area contributed by atoms with Crippen LogP contribution in [-0.4, -0.2) is 28.9 Å². The zero-order valence-electron chi connectivity index (χ0n) is 11.7. The maximum Gasteiger partial charge on any atom is 0.242 e. The molecule has 0 saturated carbocycles. The van der Waals surface area contributed by atoms with E-state index in [1.165, 1.54) is 0 Å². The number of aryl methyl sites for hydroxylation is 1. The number of carbonyl (C=O) groups is 1. The third-order valence-electron chi connectivity index (χ3n) is 3.52. The van der Waals surface area contributed by atoms with Gasteiger partial charge in [0.05, 0.1) is 12.7 Å².